The van der Waals surface area contributed by atoms with E-state index in [1.807, 2.05) is 0 Å². The van der Waals surface area contributed by atoms with Gasteiger partial charge in [0.05, 0.1) is 11.3 Å². The van der Waals surface area contributed by atoms with Gasteiger partial charge in [0, 0.05) is 38.8 Å². The van der Waals surface area contributed by atoms with Gasteiger partial charge < -0.3 is 15.1 Å². The third-order valence-corrected chi connectivity index (χ3v) is 5.92. The van der Waals surface area contributed by atoms with Gasteiger partial charge in [0.25, 0.3) is 0 Å². The van der Waals surface area contributed by atoms with Gasteiger partial charge in [-0.2, -0.15) is 0 Å². The zero-order valence-electron chi connectivity index (χ0n) is 14.4. The molecule has 1 unspecified atom stereocenters. The Labute approximate surface area is 158 Å². The number of fused-ring (bicyclic) bond motifs is 1. The van der Waals surface area contributed by atoms with Crippen LogP contribution in [0.1, 0.15) is 19.8 Å². The summed E-state index contributed by atoms with van der Waals surface area (Å²) in [4.78, 5) is 27.2. The number of piperidine rings is 1. The summed E-state index contributed by atoms with van der Waals surface area (Å²) >= 11 is 1.64. The first kappa shape index (κ1) is 18.4. The highest BCUT2D eigenvalue weighted by molar-refractivity contribution is 7.16. The highest BCUT2D eigenvalue weighted by Gasteiger charge is 2.33. The first-order valence-corrected chi connectivity index (χ1v) is 9.56. The van der Waals surface area contributed by atoms with Gasteiger partial charge in [-0.25, -0.2) is 9.97 Å². The minimum absolute atomic E-state index is 0. The largest absolute Gasteiger partial charge is 0.355 e. The Morgan fingerprint density at radius 1 is 1.36 bits per heavy atom. The summed E-state index contributed by atoms with van der Waals surface area (Å²) in [6.07, 6.45) is 3.65. The van der Waals surface area contributed by atoms with Gasteiger partial charge in [-0.1, -0.05) is 0 Å². The molecule has 0 radical (unpaired) electrons. The molecule has 4 heterocycles. The number of carbonyl (C=O) groups excluding carboxylic acids is 1. The Bertz CT molecular complexity index is 739. The Hall–Kier alpha value is -1.44. The van der Waals surface area contributed by atoms with E-state index in [9.17, 15) is 4.79 Å². The highest BCUT2D eigenvalue weighted by Crippen LogP contribution is 2.30. The monoisotopic (exact) mass is 381 g/mol. The maximum Gasteiger partial charge on any atom is 0.227 e. The molecule has 2 saturated heterocycles. The number of carbonyl (C=O) groups is 1. The normalized spacial score (nSPS) is 24.2. The maximum absolute atomic E-state index is 13.0. The minimum Gasteiger partial charge on any atom is -0.355 e. The van der Waals surface area contributed by atoms with Gasteiger partial charge in [0.1, 0.15) is 17.0 Å². The molecule has 2 aromatic heterocycles. The number of piperazine rings is 1. The standard InChI is InChI=1S/C17H23N5OS.ClH/c1-12-9-18-5-7-22(12)17(23)13-3-2-6-21(10-13)15-14-4-8-24-16(14)20-11-19-15;/h4,8,11-13,18H,2-3,5-7,9-10H2,1H3;1H/t12-,13?;/m1./s1. The van der Waals surface area contributed by atoms with Crippen molar-refractivity contribution in [2.24, 2.45) is 5.92 Å². The molecule has 0 saturated carbocycles. The highest BCUT2D eigenvalue weighted by atomic mass is 35.5. The van der Waals surface area contributed by atoms with Crippen LogP contribution < -0.4 is 10.2 Å². The fraction of sp³-hybridized carbons (Fsp3) is 0.588. The van der Waals surface area contributed by atoms with Crippen molar-refractivity contribution in [2.45, 2.75) is 25.8 Å². The number of hydrogen-bond donors (Lipinski definition) is 1. The van der Waals surface area contributed by atoms with Gasteiger partial charge in [0.2, 0.25) is 5.91 Å². The number of hydrogen-bond acceptors (Lipinski definition) is 6. The third-order valence-electron chi connectivity index (χ3n) is 5.10. The van der Waals surface area contributed by atoms with Crippen molar-refractivity contribution in [2.75, 3.05) is 37.6 Å². The van der Waals surface area contributed by atoms with Crippen LogP contribution in [0.15, 0.2) is 17.8 Å². The van der Waals surface area contributed by atoms with Crippen LogP contribution in [0.4, 0.5) is 5.82 Å². The van der Waals surface area contributed by atoms with Crippen molar-refractivity contribution in [1.29, 1.82) is 0 Å². The summed E-state index contributed by atoms with van der Waals surface area (Å²) in [5.74, 6) is 1.36. The Morgan fingerprint density at radius 3 is 3.08 bits per heavy atom. The second-order valence-electron chi connectivity index (χ2n) is 6.71. The van der Waals surface area contributed by atoms with Crippen LogP contribution in [0.2, 0.25) is 0 Å². The summed E-state index contributed by atoms with van der Waals surface area (Å²) in [7, 11) is 0. The summed E-state index contributed by atoms with van der Waals surface area (Å²) in [5.41, 5.74) is 0. The number of amides is 1. The van der Waals surface area contributed by atoms with Crippen LogP contribution >= 0.6 is 23.7 Å². The quantitative estimate of drug-likeness (QED) is 0.863. The molecule has 0 spiro atoms. The third kappa shape index (κ3) is 3.59. The predicted octanol–water partition coefficient (Wildman–Crippen LogP) is 2.15. The summed E-state index contributed by atoms with van der Waals surface area (Å²) in [6.45, 7) is 6.46. The molecule has 0 aromatic carbocycles. The molecule has 0 bridgehead atoms. The fourth-order valence-corrected chi connectivity index (χ4v) is 4.53. The minimum atomic E-state index is 0. The number of aromatic nitrogens is 2. The van der Waals surface area contributed by atoms with Crippen molar-refractivity contribution in [3.8, 4) is 0 Å². The SMILES string of the molecule is C[C@@H]1CNCCN1C(=O)C1CCCN(c2ncnc3sccc23)C1.Cl. The predicted molar refractivity (Wildman–Crippen MR) is 104 cm³/mol. The van der Waals surface area contributed by atoms with Crippen LogP contribution in [0.5, 0.6) is 0 Å². The average molecular weight is 382 g/mol. The number of nitrogens with zero attached hydrogens (tertiary/aromatic N) is 4. The molecular weight excluding hydrogens is 358 g/mol. The first-order valence-electron chi connectivity index (χ1n) is 8.68. The van der Waals surface area contributed by atoms with Gasteiger partial charge in [-0.15, -0.1) is 23.7 Å². The second-order valence-corrected chi connectivity index (χ2v) is 7.60. The number of anilines is 1. The van der Waals surface area contributed by atoms with Crippen LogP contribution in [0.3, 0.4) is 0 Å². The Morgan fingerprint density at radius 2 is 2.24 bits per heavy atom. The molecule has 1 amide bonds. The average Bonchev–Trinajstić information content (AvgIpc) is 3.10. The van der Waals surface area contributed by atoms with Gasteiger partial charge in [-0.05, 0) is 31.2 Å². The Kier molecular flexibility index (Phi) is 5.76. The van der Waals surface area contributed by atoms with Gasteiger partial charge >= 0.3 is 0 Å². The summed E-state index contributed by atoms with van der Waals surface area (Å²) in [5, 5.41) is 6.51. The van der Waals surface area contributed by atoms with Crippen LogP contribution in [-0.4, -0.2) is 59.5 Å². The fourth-order valence-electron chi connectivity index (χ4n) is 3.80. The molecule has 2 fully saturated rings. The lowest BCUT2D eigenvalue weighted by Gasteiger charge is -2.39. The van der Waals surface area contributed by atoms with Crippen molar-refractivity contribution in [3.05, 3.63) is 17.8 Å². The van der Waals surface area contributed by atoms with E-state index in [0.29, 0.717) is 5.91 Å². The molecule has 4 rings (SSSR count). The van der Waals surface area contributed by atoms with E-state index in [4.69, 9.17) is 0 Å². The molecule has 6 nitrogen and oxygen atoms in total. The van der Waals surface area contributed by atoms with Crippen molar-refractivity contribution < 1.29 is 4.79 Å². The van der Waals surface area contributed by atoms with E-state index >= 15 is 0 Å². The van der Waals surface area contributed by atoms with E-state index < -0.39 is 0 Å². The number of rotatable bonds is 2. The van der Waals surface area contributed by atoms with E-state index in [1.165, 1.54) is 0 Å². The van der Waals surface area contributed by atoms with E-state index in [0.717, 1.165) is 61.6 Å². The summed E-state index contributed by atoms with van der Waals surface area (Å²) < 4.78 is 0. The molecule has 1 N–H and O–H groups in total. The lowest BCUT2D eigenvalue weighted by atomic mass is 9.95. The second kappa shape index (κ2) is 7.85. The Balaban J connectivity index is 0.00000182. The molecular formula is C17H24ClN5OS. The zero-order valence-corrected chi connectivity index (χ0v) is 16.0. The molecule has 2 aliphatic rings. The van der Waals surface area contributed by atoms with E-state index in [1.54, 1.807) is 17.7 Å². The smallest absolute Gasteiger partial charge is 0.227 e. The number of thiophene rings is 1. The van der Waals surface area contributed by atoms with E-state index in [-0.39, 0.29) is 24.4 Å². The number of nitrogens with one attached hydrogen (secondary N) is 1. The zero-order chi connectivity index (χ0) is 16.5. The number of halogens is 1. The molecule has 2 aliphatic heterocycles. The van der Waals surface area contributed by atoms with Crippen LogP contribution in [0.25, 0.3) is 10.2 Å². The molecule has 2 atom stereocenters. The maximum atomic E-state index is 13.0. The van der Waals surface area contributed by atoms with E-state index in [2.05, 4.69) is 43.5 Å². The molecule has 25 heavy (non-hydrogen) atoms. The molecule has 2 aromatic rings. The van der Waals surface area contributed by atoms with Crippen LogP contribution in [0, 0.1) is 5.92 Å². The van der Waals surface area contributed by atoms with Crippen molar-refractivity contribution in [3.63, 3.8) is 0 Å². The summed E-state index contributed by atoms with van der Waals surface area (Å²) in [6, 6.07) is 2.36. The molecule has 136 valence electrons. The van der Waals surface area contributed by atoms with Gasteiger partial charge in [0.15, 0.2) is 0 Å². The lowest BCUT2D eigenvalue weighted by Crippen LogP contribution is -2.55. The topological polar surface area (TPSA) is 61.4 Å². The van der Waals surface area contributed by atoms with Gasteiger partial charge in [-0.3, -0.25) is 4.79 Å². The van der Waals surface area contributed by atoms with Crippen molar-refractivity contribution >= 4 is 45.7 Å². The first-order chi connectivity index (χ1) is 11.7. The molecule has 8 heteroatoms. The lowest BCUT2D eigenvalue weighted by molar-refractivity contribution is -0.138. The van der Waals surface area contributed by atoms with Crippen molar-refractivity contribution in [1.82, 2.24) is 20.2 Å². The van der Waals surface area contributed by atoms with Crippen LogP contribution in [-0.2, 0) is 4.79 Å². The molecule has 0 aliphatic carbocycles.